The molecule has 0 spiro atoms. The Hall–Kier alpha value is -4.63. The molecule has 0 aromatic heterocycles. The van der Waals surface area contributed by atoms with E-state index in [0.29, 0.717) is 40.5 Å². The summed E-state index contributed by atoms with van der Waals surface area (Å²) in [6.45, 7) is 1.75. The number of nitro groups is 1. The van der Waals surface area contributed by atoms with Crippen LogP contribution in [0.25, 0.3) is 0 Å². The Morgan fingerprint density at radius 2 is 1.76 bits per heavy atom. The first-order valence-corrected chi connectivity index (χ1v) is 13.7. The number of allylic oxidation sites excluding steroid dienone is 3. The molecule has 3 aromatic carbocycles. The van der Waals surface area contributed by atoms with Crippen LogP contribution in [0.3, 0.4) is 0 Å². The summed E-state index contributed by atoms with van der Waals surface area (Å²) in [4.78, 5) is 38.7. The summed E-state index contributed by atoms with van der Waals surface area (Å²) in [5.74, 6) is -0.828. The van der Waals surface area contributed by atoms with Crippen molar-refractivity contribution >= 4 is 29.0 Å². The summed E-state index contributed by atoms with van der Waals surface area (Å²) in [7, 11) is 3.11. The number of Topliss-reactive ketones (excluding diaryl/α,β-unsaturated/α-hetero) is 1. The molecule has 5 rings (SSSR count). The van der Waals surface area contributed by atoms with E-state index in [9.17, 15) is 19.7 Å². The van der Waals surface area contributed by atoms with Crippen molar-refractivity contribution in [3.8, 4) is 11.5 Å². The normalized spacial score (nSPS) is 18.2. The van der Waals surface area contributed by atoms with Crippen LogP contribution < -0.4 is 14.8 Å². The van der Waals surface area contributed by atoms with Gasteiger partial charge in [0, 0.05) is 46.5 Å². The van der Waals surface area contributed by atoms with Gasteiger partial charge in [-0.1, -0.05) is 48.0 Å². The molecule has 2 unspecified atom stereocenters. The van der Waals surface area contributed by atoms with E-state index in [4.69, 9.17) is 25.8 Å². The molecular weight excluding hydrogens is 560 g/mol. The highest BCUT2D eigenvalue weighted by atomic mass is 35.5. The Bertz CT molecular complexity index is 1630. The molecule has 10 heteroatoms. The lowest BCUT2D eigenvalue weighted by Crippen LogP contribution is -2.36. The molecule has 0 amide bonds. The zero-order chi connectivity index (χ0) is 30.0. The molecule has 216 valence electrons. The molecular formula is C32H29ClN2O7. The zero-order valence-electron chi connectivity index (χ0n) is 23.3. The largest absolute Gasteiger partial charge is 0.493 e. The lowest BCUT2D eigenvalue weighted by atomic mass is 9.71. The van der Waals surface area contributed by atoms with Crippen molar-refractivity contribution < 1.29 is 28.7 Å². The van der Waals surface area contributed by atoms with Gasteiger partial charge in [-0.2, -0.15) is 0 Å². The minimum atomic E-state index is -0.948. The first-order chi connectivity index (χ1) is 20.2. The molecule has 0 radical (unpaired) electrons. The number of non-ortho nitro benzene ring substituents is 1. The molecule has 0 fully saturated rings. The third-order valence-electron chi connectivity index (χ3n) is 7.64. The molecule has 0 saturated carbocycles. The number of hydrogen-bond donors (Lipinski definition) is 1. The van der Waals surface area contributed by atoms with E-state index in [2.05, 4.69) is 5.32 Å². The van der Waals surface area contributed by atoms with Crippen molar-refractivity contribution in [2.24, 2.45) is 0 Å². The summed E-state index contributed by atoms with van der Waals surface area (Å²) in [5, 5.41) is 15.2. The van der Waals surface area contributed by atoms with Gasteiger partial charge in [0.2, 0.25) is 0 Å². The highest BCUT2D eigenvalue weighted by molar-refractivity contribution is 6.31. The molecule has 2 aliphatic rings. The Morgan fingerprint density at radius 1 is 1.02 bits per heavy atom. The third kappa shape index (κ3) is 5.60. The number of ether oxygens (including phenoxy) is 3. The van der Waals surface area contributed by atoms with Crippen LogP contribution in [0.5, 0.6) is 11.5 Å². The Labute approximate surface area is 247 Å². The van der Waals surface area contributed by atoms with Crippen LogP contribution in [-0.2, 0) is 20.9 Å². The third-order valence-corrected chi connectivity index (χ3v) is 7.98. The quantitative estimate of drug-likeness (QED) is 0.183. The Morgan fingerprint density at radius 3 is 2.45 bits per heavy atom. The number of halogens is 1. The molecule has 1 heterocycles. The van der Waals surface area contributed by atoms with Gasteiger partial charge in [-0.05, 0) is 54.2 Å². The fourth-order valence-corrected chi connectivity index (χ4v) is 5.86. The van der Waals surface area contributed by atoms with Crippen LogP contribution in [0, 0.1) is 10.1 Å². The number of nitrogens with zero attached hydrogens (tertiary/aromatic N) is 1. The van der Waals surface area contributed by atoms with Crippen molar-refractivity contribution in [2.45, 2.75) is 38.2 Å². The second-order valence-corrected chi connectivity index (χ2v) is 10.6. The molecule has 1 N–H and O–H groups in total. The van der Waals surface area contributed by atoms with Gasteiger partial charge < -0.3 is 19.5 Å². The first-order valence-electron chi connectivity index (χ1n) is 13.3. The number of dihydropyridines is 1. The van der Waals surface area contributed by atoms with Gasteiger partial charge in [-0.25, -0.2) is 4.79 Å². The highest BCUT2D eigenvalue weighted by Gasteiger charge is 2.42. The average Bonchev–Trinajstić information content (AvgIpc) is 2.99. The van der Waals surface area contributed by atoms with E-state index in [1.54, 1.807) is 27.2 Å². The van der Waals surface area contributed by atoms with Gasteiger partial charge in [-0.15, -0.1) is 0 Å². The van der Waals surface area contributed by atoms with E-state index in [1.165, 1.54) is 18.2 Å². The molecule has 1 aliphatic carbocycles. The van der Waals surface area contributed by atoms with Gasteiger partial charge in [-0.3, -0.25) is 14.9 Å². The highest BCUT2D eigenvalue weighted by Crippen LogP contribution is 2.48. The van der Waals surface area contributed by atoms with E-state index in [0.717, 1.165) is 11.1 Å². The van der Waals surface area contributed by atoms with Crippen LogP contribution in [-0.4, -0.2) is 30.9 Å². The van der Waals surface area contributed by atoms with Crippen molar-refractivity contribution in [1.82, 2.24) is 5.32 Å². The van der Waals surface area contributed by atoms with Gasteiger partial charge in [0.25, 0.3) is 5.69 Å². The predicted molar refractivity (Wildman–Crippen MR) is 156 cm³/mol. The average molecular weight is 589 g/mol. The van der Waals surface area contributed by atoms with Crippen molar-refractivity contribution in [1.29, 1.82) is 0 Å². The maximum absolute atomic E-state index is 14.0. The van der Waals surface area contributed by atoms with Crippen LogP contribution in [0.2, 0.25) is 5.02 Å². The first kappa shape index (κ1) is 28.9. The van der Waals surface area contributed by atoms with Crippen molar-refractivity contribution in [3.05, 3.63) is 121 Å². The fraction of sp³-hybridized carbons (Fsp3) is 0.250. The number of methoxy groups -OCH3 is 2. The minimum absolute atomic E-state index is 0.0209. The van der Waals surface area contributed by atoms with Gasteiger partial charge in [0.1, 0.15) is 6.61 Å². The number of nitrogens with one attached hydrogen (secondary N) is 1. The summed E-state index contributed by atoms with van der Waals surface area (Å²) in [6, 6.07) is 18.8. The van der Waals surface area contributed by atoms with Gasteiger partial charge >= 0.3 is 5.97 Å². The van der Waals surface area contributed by atoms with E-state index in [-0.39, 0.29) is 41.0 Å². The SMILES string of the molecule is COc1ccc(C2CC(=O)C3=C(C2)NC(C)=C(C(=O)OCc2ccccc2)C3c2cc([N+](=O)[O-])ccc2Cl)cc1OC. The number of hydrogen-bond acceptors (Lipinski definition) is 8. The standard InChI is InChI=1S/C32H29ClN2O7/c1-18-29(32(37)42-17-19-7-5-4-6-8-19)30(23-16-22(35(38)39)10-11-24(23)33)31-25(34-18)13-21(14-26(31)36)20-9-12-27(40-2)28(15-20)41-3/h4-12,15-16,21,30,34H,13-14,17H2,1-3H3. The number of rotatable bonds is 8. The summed E-state index contributed by atoms with van der Waals surface area (Å²) in [6.07, 6.45) is 0.619. The molecule has 0 bridgehead atoms. The van der Waals surface area contributed by atoms with Crippen molar-refractivity contribution in [3.63, 3.8) is 0 Å². The molecule has 0 saturated heterocycles. The number of ketones is 1. The Balaban J connectivity index is 1.57. The molecule has 2 atom stereocenters. The summed E-state index contributed by atoms with van der Waals surface area (Å²) in [5.41, 5.74) is 3.45. The lowest BCUT2D eigenvalue weighted by molar-refractivity contribution is -0.384. The maximum atomic E-state index is 14.0. The molecule has 9 nitrogen and oxygen atoms in total. The summed E-state index contributed by atoms with van der Waals surface area (Å²) < 4.78 is 16.5. The maximum Gasteiger partial charge on any atom is 0.337 e. The fourth-order valence-electron chi connectivity index (χ4n) is 5.63. The molecule has 3 aromatic rings. The number of benzene rings is 3. The number of carbonyl (C=O) groups excluding carboxylic acids is 2. The Kier molecular flexibility index (Phi) is 8.31. The second kappa shape index (κ2) is 12.1. The lowest BCUT2D eigenvalue weighted by Gasteiger charge is -2.37. The number of carbonyl (C=O) groups is 2. The van der Waals surface area contributed by atoms with Crippen LogP contribution >= 0.6 is 11.6 Å². The van der Waals surface area contributed by atoms with E-state index in [1.807, 2.05) is 42.5 Å². The summed E-state index contributed by atoms with van der Waals surface area (Å²) >= 11 is 6.61. The van der Waals surface area contributed by atoms with Gasteiger partial charge in [0.15, 0.2) is 17.3 Å². The van der Waals surface area contributed by atoms with E-state index >= 15 is 0 Å². The monoisotopic (exact) mass is 588 g/mol. The second-order valence-electron chi connectivity index (χ2n) is 10.2. The minimum Gasteiger partial charge on any atom is -0.493 e. The number of nitro benzene ring substituents is 1. The molecule has 42 heavy (non-hydrogen) atoms. The van der Waals surface area contributed by atoms with E-state index < -0.39 is 16.8 Å². The zero-order valence-corrected chi connectivity index (χ0v) is 24.1. The van der Waals surface area contributed by atoms with Crippen LogP contribution in [0.15, 0.2) is 89.3 Å². The smallest absolute Gasteiger partial charge is 0.337 e. The topological polar surface area (TPSA) is 117 Å². The number of esters is 1. The molecule has 1 aliphatic heterocycles. The van der Waals surface area contributed by atoms with Crippen LogP contribution in [0.4, 0.5) is 5.69 Å². The van der Waals surface area contributed by atoms with Crippen LogP contribution in [0.1, 0.15) is 48.3 Å². The van der Waals surface area contributed by atoms with Gasteiger partial charge in [0.05, 0.1) is 24.7 Å². The van der Waals surface area contributed by atoms with Crippen molar-refractivity contribution in [2.75, 3.05) is 14.2 Å². The predicted octanol–water partition coefficient (Wildman–Crippen LogP) is 6.37.